The summed E-state index contributed by atoms with van der Waals surface area (Å²) in [6, 6.07) is 8.52. The lowest BCUT2D eigenvalue weighted by molar-refractivity contribution is -0.128. The van der Waals surface area contributed by atoms with Gasteiger partial charge in [-0.3, -0.25) is 4.79 Å². The molecule has 2 heterocycles. The summed E-state index contributed by atoms with van der Waals surface area (Å²) in [6.45, 7) is 3.19. The monoisotopic (exact) mass is 373 g/mol. The highest BCUT2D eigenvalue weighted by Crippen LogP contribution is 2.33. The van der Waals surface area contributed by atoms with E-state index in [-0.39, 0.29) is 18.4 Å². The first-order valence-corrected chi connectivity index (χ1v) is 9.31. The number of nitrogens with one attached hydrogen (secondary N) is 1. The van der Waals surface area contributed by atoms with Gasteiger partial charge in [-0.25, -0.2) is 4.98 Å². The summed E-state index contributed by atoms with van der Waals surface area (Å²) < 4.78 is 1.68. The fourth-order valence-electron chi connectivity index (χ4n) is 3.40. The number of aryl methyl sites for hydroxylation is 2. The quantitative estimate of drug-likeness (QED) is 0.598. The number of imidazole rings is 1. The molecular formula is C20H27N3O4. The van der Waals surface area contributed by atoms with Crippen molar-refractivity contribution in [2.45, 2.75) is 51.0 Å². The lowest BCUT2D eigenvalue weighted by Crippen LogP contribution is -2.52. The molecule has 146 valence electrons. The third-order valence-corrected chi connectivity index (χ3v) is 5.05. The first kappa shape index (κ1) is 19.5. The van der Waals surface area contributed by atoms with Crippen LogP contribution in [0.5, 0.6) is 0 Å². The van der Waals surface area contributed by atoms with Crippen molar-refractivity contribution in [3.8, 4) is 0 Å². The van der Waals surface area contributed by atoms with Crippen molar-refractivity contribution in [1.29, 1.82) is 0 Å². The molecular weight excluding hydrogens is 346 g/mol. The van der Waals surface area contributed by atoms with E-state index in [0.717, 1.165) is 12.1 Å². The summed E-state index contributed by atoms with van der Waals surface area (Å²) in [5.41, 5.74) is 1.98. The van der Waals surface area contributed by atoms with E-state index < -0.39 is 24.3 Å². The fourth-order valence-corrected chi connectivity index (χ4v) is 3.40. The molecule has 1 aromatic carbocycles. The second-order valence-corrected chi connectivity index (χ2v) is 7.36. The van der Waals surface area contributed by atoms with Crippen LogP contribution in [0.15, 0.2) is 36.5 Å². The SMILES string of the molecule is CC(C)C(=O)N[C@@H]1c2nc(CCc3ccccc3)cn2[C@@H](CO)[C@@H](O)[C@@H]1O. The van der Waals surface area contributed by atoms with E-state index in [1.165, 1.54) is 5.56 Å². The molecule has 7 heteroatoms. The van der Waals surface area contributed by atoms with E-state index in [1.807, 2.05) is 30.3 Å². The lowest BCUT2D eigenvalue weighted by atomic mass is 9.93. The van der Waals surface area contributed by atoms with Gasteiger partial charge in [-0.2, -0.15) is 0 Å². The van der Waals surface area contributed by atoms with Crippen LogP contribution < -0.4 is 5.32 Å². The minimum absolute atomic E-state index is 0.228. The van der Waals surface area contributed by atoms with Crippen molar-refractivity contribution in [3.63, 3.8) is 0 Å². The standard InChI is InChI=1S/C20H27N3O4/c1-12(2)20(27)22-16-18(26)17(25)15(11-24)23-10-14(21-19(16)23)9-8-13-6-4-3-5-7-13/h3-7,10,12,15-18,24-26H,8-9,11H2,1-2H3,(H,22,27)/t15-,16-,17+,18+/m0/s1. The zero-order valence-corrected chi connectivity index (χ0v) is 15.6. The van der Waals surface area contributed by atoms with Gasteiger partial charge in [-0.1, -0.05) is 44.2 Å². The normalized spacial score (nSPS) is 24.7. The fraction of sp³-hybridized carbons (Fsp3) is 0.500. The Morgan fingerprint density at radius 3 is 2.52 bits per heavy atom. The smallest absolute Gasteiger partial charge is 0.223 e. The summed E-state index contributed by atoms with van der Waals surface area (Å²) in [7, 11) is 0. The summed E-state index contributed by atoms with van der Waals surface area (Å²) in [5, 5.41) is 33.4. The van der Waals surface area contributed by atoms with E-state index in [0.29, 0.717) is 12.2 Å². The van der Waals surface area contributed by atoms with Crippen molar-refractivity contribution in [2.75, 3.05) is 6.61 Å². The van der Waals surface area contributed by atoms with E-state index in [4.69, 9.17) is 0 Å². The van der Waals surface area contributed by atoms with Gasteiger partial charge < -0.3 is 25.2 Å². The number of hydrogen-bond donors (Lipinski definition) is 4. The maximum absolute atomic E-state index is 12.2. The Morgan fingerprint density at radius 1 is 1.19 bits per heavy atom. The highest BCUT2D eigenvalue weighted by Gasteiger charge is 2.43. The number of carbonyl (C=O) groups excluding carboxylic acids is 1. The molecule has 0 radical (unpaired) electrons. The van der Waals surface area contributed by atoms with Crippen molar-refractivity contribution in [2.24, 2.45) is 5.92 Å². The van der Waals surface area contributed by atoms with Crippen LogP contribution in [0.2, 0.25) is 0 Å². The molecule has 2 aromatic rings. The van der Waals surface area contributed by atoms with Crippen molar-refractivity contribution >= 4 is 5.91 Å². The van der Waals surface area contributed by atoms with E-state index in [9.17, 15) is 20.1 Å². The number of aliphatic hydroxyl groups excluding tert-OH is 3. The van der Waals surface area contributed by atoms with Gasteiger partial charge >= 0.3 is 0 Å². The molecule has 0 saturated carbocycles. The molecule has 0 saturated heterocycles. The number of aromatic nitrogens is 2. The molecule has 3 rings (SSSR count). The summed E-state index contributed by atoms with van der Waals surface area (Å²) in [4.78, 5) is 16.8. The third-order valence-electron chi connectivity index (χ3n) is 5.05. The maximum Gasteiger partial charge on any atom is 0.223 e. The first-order valence-electron chi connectivity index (χ1n) is 9.31. The average Bonchev–Trinajstić information content (AvgIpc) is 3.08. The minimum Gasteiger partial charge on any atom is -0.394 e. The Hall–Kier alpha value is -2.22. The largest absolute Gasteiger partial charge is 0.394 e. The Balaban J connectivity index is 1.87. The predicted molar refractivity (Wildman–Crippen MR) is 99.9 cm³/mol. The molecule has 0 fully saturated rings. The predicted octanol–water partition coefficient (Wildman–Crippen LogP) is 0.750. The van der Waals surface area contributed by atoms with Crippen LogP contribution in [0.4, 0.5) is 0 Å². The summed E-state index contributed by atoms with van der Waals surface area (Å²) in [6.07, 6.45) is 0.842. The number of benzene rings is 1. The van der Waals surface area contributed by atoms with Crippen molar-refractivity contribution < 1.29 is 20.1 Å². The molecule has 27 heavy (non-hydrogen) atoms. The molecule has 4 atom stereocenters. The number of carbonyl (C=O) groups is 1. The second-order valence-electron chi connectivity index (χ2n) is 7.36. The van der Waals surface area contributed by atoms with E-state index in [1.54, 1.807) is 24.6 Å². The van der Waals surface area contributed by atoms with Gasteiger partial charge in [-0.05, 0) is 18.4 Å². The molecule has 1 aromatic heterocycles. The Bertz CT molecular complexity index is 775. The molecule has 0 bridgehead atoms. The lowest BCUT2D eigenvalue weighted by Gasteiger charge is -2.38. The van der Waals surface area contributed by atoms with Crippen LogP contribution in [0.25, 0.3) is 0 Å². The molecule has 4 N–H and O–H groups in total. The highest BCUT2D eigenvalue weighted by molar-refractivity contribution is 5.78. The van der Waals surface area contributed by atoms with Gasteiger partial charge in [0.15, 0.2) is 0 Å². The number of fused-ring (bicyclic) bond motifs is 1. The highest BCUT2D eigenvalue weighted by atomic mass is 16.3. The van der Waals surface area contributed by atoms with Gasteiger partial charge in [0.2, 0.25) is 5.91 Å². The maximum atomic E-state index is 12.2. The molecule has 7 nitrogen and oxygen atoms in total. The van der Waals surface area contributed by atoms with E-state index >= 15 is 0 Å². The topological polar surface area (TPSA) is 108 Å². The van der Waals surface area contributed by atoms with Gasteiger partial charge in [0, 0.05) is 12.1 Å². The average molecular weight is 373 g/mol. The number of nitrogens with zero attached hydrogens (tertiary/aromatic N) is 2. The van der Waals surface area contributed by atoms with Crippen LogP contribution in [0.3, 0.4) is 0 Å². The number of amides is 1. The first-order chi connectivity index (χ1) is 12.9. The van der Waals surface area contributed by atoms with Crippen LogP contribution in [0.1, 0.15) is 43.0 Å². The van der Waals surface area contributed by atoms with Crippen LogP contribution in [-0.4, -0.2) is 49.6 Å². The van der Waals surface area contributed by atoms with Gasteiger partial charge in [-0.15, -0.1) is 0 Å². The summed E-state index contributed by atoms with van der Waals surface area (Å²) in [5.74, 6) is -0.0242. The Kier molecular flexibility index (Phi) is 5.94. The summed E-state index contributed by atoms with van der Waals surface area (Å²) >= 11 is 0. The second kappa shape index (κ2) is 8.21. The van der Waals surface area contributed by atoms with Crippen molar-refractivity contribution in [3.05, 3.63) is 53.6 Å². The zero-order chi connectivity index (χ0) is 19.6. The molecule has 0 aliphatic carbocycles. The molecule has 1 aliphatic rings. The van der Waals surface area contributed by atoms with Gasteiger partial charge in [0.05, 0.1) is 18.3 Å². The zero-order valence-electron chi connectivity index (χ0n) is 15.6. The number of aliphatic hydroxyl groups is 3. The molecule has 1 aliphatic heterocycles. The van der Waals surface area contributed by atoms with Gasteiger partial charge in [0.25, 0.3) is 0 Å². The molecule has 1 amide bonds. The Morgan fingerprint density at radius 2 is 1.89 bits per heavy atom. The molecule has 0 unspecified atom stereocenters. The Labute approximate surface area is 158 Å². The van der Waals surface area contributed by atoms with E-state index in [2.05, 4.69) is 10.3 Å². The minimum atomic E-state index is -1.23. The van der Waals surface area contributed by atoms with Gasteiger partial charge in [0.1, 0.15) is 24.1 Å². The van der Waals surface area contributed by atoms with Crippen LogP contribution in [0, 0.1) is 5.92 Å². The van der Waals surface area contributed by atoms with Crippen LogP contribution in [-0.2, 0) is 17.6 Å². The third kappa shape index (κ3) is 4.05. The van der Waals surface area contributed by atoms with Crippen LogP contribution >= 0.6 is 0 Å². The number of rotatable bonds is 6. The van der Waals surface area contributed by atoms with Crippen molar-refractivity contribution in [1.82, 2.24) is 14.9 Å². The molecule has 0 spiro atoms. The number of hydrogen-bond acceptors (Lipinski definition) is 5.